The summed E-state index contributed by atoms with van der Waals surface area (Å²) in [4.78, 5) is 24.7. The number of hydrogen-bond donors (Lipinski definition) is 3. The van der Waals surface area contributed by atoms with Gasteiger partial charge in [0.05, 0.1) is 6.54 Å². The SMILES string of the molecule is O=C(CNc1cccc(NC(=O)c2ccccc2)c1)Nc1cccc2ccccc12. The number of hydrogen-bond acceptors (Lipinski definition) is 3. The summed E-state index contributed by atoms with van der Waals surface area (Å²) in [5.41, 5.74) is 2.77. The smallest absolute Gasteiger partial charge is 0.255 e. The fourth-order valence-electron chi connectivity index (χ4n) is 3.21. The number of fused-ring (bicyclic) bond motifs is 1. The largest absolute Gasteiger partial charge is 0.376 e. The van der Waals surface area contributed by atoms with E-state index in [1.165, 1.54) is 0 Å². The van der Waals surface area contributed by atoms with Crippen molar-refractivity contribution in [1.82, 2.24) is 0 Å². The van der Waals surface area contributed by atoms with E-state index in [1.54, 1.807) is 18.2 Å². The minimum Gasteiger partial charge on any atom is -0.376 e. The Morgan fingerprint density at radius 2 is 1.37 bits per heavy atom. The zero-order valence-corrected chi connectivity index (χ0v) is 16.3. The molecule has 0 unspecified atom stereocenters. The number of carbonyl (C=O) groups is 2. The minimum atomic E-state index is -0.179. The first-order valence-corrected chi connectivity index (χ1v) is 9.67. The van der Waals surface area contributed by atoms with E-state index in [4.69, 9.17) is 0 Å². The second-order valence-electron chi connectivity index (χ2n) is 6.83. The van der Waals surface area contributed by atoms with Gasteiger partial charge in [-0.2, -0.15) is 0 Å². The number of carbonyl (C=O) groups excluding carboxylic acids is 2. The Kier molecular flexibility index (Phi) is 5.71. The Hall–Kier alpha value is -4.12. The molecule has 0 bridgehead atoms. The molecule has 0 radical (unpaired) electrons. The Labute approximate surface area is 174 Å². The highest BCUT2D eigenvalue weighted by Gasteiger charge is 2.08. The monoisotopic (exact) mass is 395 g/mol. The lowest BCUT2D eigenvalue weighted by Gasteiger charge is -2.11. The summed E-state index contributed by atoms with van der Waals surface area (Å²) in [6.07, 6.45) is 0. The minimum absolute atomic E-state index is 0.110. The van der Waals surface area contributed by atoms with E-state index in [2.05, 4.69) is 16.0 Å². The normalized spacial score (nSPS) is 10.4. The molecular weight excluding hydrogens is 374 g/mol. The molecule has 4 aromatic rings. The standard InChI is InChI=1S/C25H21N3O2/c29-24(28-23-15-6-11-18-8-4-5-14-22(18)23)17-26-20-12-7-13-21(16-20)27-25(30)19-9-2-1-3-10-19/h1-16,26H,17H2,(H,27,30)(H,28,29). The van der Waals surface area contributed by atoms with Gasteiger partial charge in [-0.1, -0.05) is 60.7 Å². The first-order valence-electron chi connectivity index (χ1n) is 9.67. The average Bonchev–Trinajstić information content (AvgIpc) is 2.79. The lowest BCUT2D eigenvalue weighted by molar-refractivity contribution is -0.114. The fourth-order valence-corrected chi connectivity index (χ4v) is 3.21. The van der Waals surface area contributed by atoms with Gasteiger partial charge in [-0.3, -0.25) is 9.59 Å². The van der Waals surface area contributed by atoms with Gasteiger partial charge >= 0.3 is 0 Å². The summed E-state index contributed by atoms with van der Waals surface area (Å²) in [5.74, 6) is -0.327. The lowest BCUT2D eigenvalue weighted by atomic mass is 10.1. The van der Waals surface area contributed by atoms with Gasteiger partial charge in [-0.25, -0.2) is 0 Å². The number of nitrogens with one attached hydrogen (secondary N) is 3. The third-order valence-corrected chi connectivity index (χ3v) is 4.67. The molecule has 4 rings (SSSR count). The van der Waals surface area contributed by atoms with Gasteiger partial charge in [0, 0.05) is 28.0 Å². The summed E-state index contributed by atoms with van der Waals surface area (Å²) in [6, 6.07) is 30.0. The van der Waals surface area contributed by atoms with Crippen LogP contribution in [0.25, 0.3) is 10.8 Å². The molecule has 0 aliphatic rings. The third kappa shape index (κ3) is 4.64. The maximum Gasteiger partial charge on any atom is 0.255 e. The molecule has 5 heteroatoms. The summed E-state index contributed by atoms with van der Waals surface area (Å²) in [5, 5.41) is 11.0. The van der Waals surface area contributed by atoms with Gasteiger partial charge in [0.1, 0.15) is 0 Å². The molecule has 2 amide bonds. The van der Waals surface area contributed by atoms with Crippen LogP contribution in [0.4, 0.5) is 17.1 Å². The number of anilines is 3. The number of rotatable bonds is 6. The van der Waals surface area contributed by atoms with Crippen LogP contribution in [0.1, 0.15) is 10.4 Å². The van der Waals surface area contributed by atoms with Crippen molar-refractivity contribution in [1.29, 1.82) is 0 Å². The Morgan fingerprint density at radius 3 is 2.23 bits per heavy atom. The first kappa shape index (κ1) is 19.2. The average molecular weight is 395 g/mol. The van der Waals surface area contributed by atoms with Crippen molar-refractivity contribution in [3.63, 3.8) is 0 Å². The molecular formula is C25H21N3O2. The van der Waals surface area contributed by atoms with Crippen LogP contribution >= 0.6 is 0 Å². The molecule has 0 heterocycles. The third-order valence-electron chi connectivity index (χ3n) is 4.67. The molecule has 0 aliphatic carbocycles. The van der Waals surface area contributed by atoms with Crippen LogP contribution < -0.4 is 16.0 Å². The van der Waals surface area contributed by atoms with Crippen molar-refractivity contribution in [2.45, 2.75) is 0 Å². The van der Waals surface area contributed by atoms with E-state index in [9.17, 15) is 9.59 Å². The van der Waals surface area contributed by atoms with E-state index in [-0.39, 0.29) is 18.4 Å². The highest BCUT2D eigenvalue weighted by molar-refractivity contribution is 6.05. The van der Waals surface area contributed by atoms with Gasteiger partial charge in [0.25, 0.3) is 5.91 Å². The molecule has 0 atom stereocenters. The maximum atomic E-state index is 12.4. The zero-order valence-electron chi connectivity index (χ0n) is 16.3. The Morgan fingerprint density at radius 1 is 0.667 bits per heavy atom. The second-order valence-corrected chi connectivity index (χ2v) is 6.83. The van der Waals surface area contributed by atoms with Crippen LogP contribution in [0.2, 0.25) is 0 Å². The molecule has 30 heavy (non-hydrogen) atoms. The maximum absolute atomic E-state index is 12.4. The Bertz CT molecular complexity index is 1180. The van der Waals surface area contributed by atoms with Crippen molar-refractivity contribution >= 4 is 39.6 Å². The summed E-state index contributed by atoms with van der Waals surface area (Å²) in [7, 11) is 0. The van der Waals surface area contributed by atoms with E-state index in [0.717, 1.165) is 22.1 Å². The summed E-state index contributed by atoms with van der Waals surface area (Å²) < 4.78 is 0. The summed E-state index contributed by atoms with van der Waals surface area (Å²) >= 11 is 0. The molecule has 4 aromatic carbocycles. The van der Waals surface area contributed by atoms with E-state index >= 15 is 0 Å². The number of amides is 2. The second kappa shape index (κ2) is 8.92. The zero-order chi connectivity index (χ0) is 20.8. The van der Waals surface area contributed by atoms with E-state index in [1.807, 2.05) is 78.9 Å². The van der Waals surface area contributed by atoms with Gasteiger partial charge in [-0.05, 0) is 41.8 Å². The van der Waals surface area contributed by atoms with Crippen LogP contribution in [0.15, 0.2) is 97.1 Å². The Balaban J connectivity index is 1.37. The van der Waals surface area contributed by atoms with Crippen molar-refractivity contribution < 1.29 is 9.59 Å². The molecule has 0 spiro atoms. The van der Waals surface area contributed by atoms with Gasteiger partial charge in [0.15, 0.2) is 0 Å². The first-order chi connectivity index (χ1) is 14.7. The quantitative estimate of drug-likeness (QED) is 0.423. The highest BCUT2D eigenvalue weighted by atomic mass is 16.2. The molecule has 5 nitrogen and oxygen atoms in total. The van der Waals surface area contributed by atoms with Crippen molar-refractivity contribution in [3.8, 4) is 0 Å². The lowest BCUT2D eigenvalue weighted by Crippen LogP contribution is -2.22. The molecule has 0 saturated heterocycles. The molecule has 3 N–H and O–H groups in total. The van der Waals surface area contributed by atoms with Gasteiger partial charge in [0.2, 0.25) is 5.91 Å². The van der Waals surface area contributed by atoms with Crippen molar-refractivity contribution in [2.75, 3.05) is 22.5 Å². The van der Waals surface area contributed by atoms with Gasteiger partial charge in [-0.15, -0.1) is 0 Å². The van der Waals surface area contributed by atoms with Crippen LogP contribution in [0.5, 0.6) is 0 Å². The fraction of sp³-hybridized carbons (Fsp3) is 0.0400. The van der Waals surface area contributed by atoms with Crippen molar-refractivity contribution in [2.24, 2.45) is 0 Å². The molecule has 0 saturated carbocycles. The summed E-state index contributed by atoms with van der Waals surface area (Å²) in [6.45, 7) is 0.110. The molecule has 148 valence electrons. The molecule has 0 fully saturated rings. The topological polar surface area (TPSA) is 70.2 Å². The van der Waals surface area contributed by atoms with Crippen LogP contribution in [-0.2, 0) is 4.79 Å². The van der Waals surface area contributed by atoms with Crippen LogP contribution in [0, 0.1) is 0 Å². The van der Waals surface area contributed by atoms with Crippen molar-refractivity contribution in [3.05, 3.63) is 103 Å². The van der Waals surface area contributed by atoms with E-state index < -0.39 is 0 Å². The molecule has 0 aliphatic heterocycles. The van der Waals surface area contributed by atoms with E-state index in [0.29, 0.717) is 11.3 Å². The highest BCUT2D eigenvalue weighted by Crippen LogP contribution is 2.23. The predicted octanol–water partition coefficient (Wildman–Crippen LogP) is 5.14. The molecule has 0 aromatic heterocycles. The van der Waals surface area contributed by atoms with Crippen LogP contribution in [-0.4, -0.2) is 18.4 Å². The predicted molar refractivity (Wildman–Crippen MR) is 122 cm³/mol. The van der Waals surface area contributed by atoms with Crippen LogP contribution in [0.3, 0.4) is 0 Å². The number of benzene rings is 4. The van der Waals surface area contributed by atoms with Gasteiger partial charge < -0.3 is 16.0 Å².